The third-order valence-corrected chi connectivity index (χ3v) is 4.62. The van der Waals surface area contributed by atoms with Crippen molar-refractivity contribution >= 4 is 23.4 Å². The van der Waals surface area contributed by atoms with E-state index in [9.17, 15) is 4.79 Å². The first-order valence-corrected chi connectivity index (χ1v) is 8.87. The smallest absolute Gasteiger partial charge is 0.256 e. The molecule has 0 saturated carbocycles. The Morgan fingerprint density at radius 2 is 2.00 bits per heavy atom. The summed E-state index contributed by atoms with van der Waals surface area (Å²) in [6.45, 7) is 2.46. The van der Waals surface area contributed by atoms with Gasteiger partial charge >= 0.3 is 0 Å². The van der Waals surface area contributed by atoms with Gasteiger partial charge < -0.3 is 15.4 Å². The second-order valence-electron chi connectivity index (χ2n) is 5.34. The number of rotatable bonds is 4. The minimum atomic E-state index is -0.0849. The molecule has 5 heteroatoms. The van der Waals surface area contributed by atoms with Crippen LogP contribution in [0.15, 0.2) is 53.4 Å². The van der Waals surface area contributed by atoms with Crippen LogP contribution in [0.25, 0.3) is 0 Å². The first-order chi connectivity index (χ1) is 11.3. The Morgan fingerprint density at radius 1 is 1.22 bits per heavy atom. The van der Waals surface area contributed by atoms with Crippen molar-refractivity contribution in [2.75, 3.05) is 31.3 Å². The van der Waals surface area contributed by atoms with Gasteiger partial charge in [-0.2, -0.15) is 0 Å². The third-order valence-electron chi connectivity index (χ3n) is 3.82. The van der Waals surface area contributed by atoms with Gasteiger partial charge in [0.25, 0.3) is 5.91 Å². The predicted octanol–water partition coefficient (Wildman–Crippen LogP) is 3.32. The van der Waals surface area contributed by atoms with E-state index < -0.39 is 0 Å². The topological polar surface area (TPSA) is 50.4 Å². The van der Waals surface area contributed by atoms with E-state index in [1.54, 1.807) is 11.8 Å². The molecule has 4 nitrogen and oxygen atoms in total. The fraction of sp³-hybridized carbons (Fsp3) is 0.278. The highest BCUT2D eigenvalue weighted by molar-refractivity contribution is 7.98. The van der Waals surface area contributed by atoms with E-state index in [1.807, 2.05) is 54.8 Å². The minimum absolute atomic E-state index is 0.0849. The molecule has 1 aliphatic rings. The lowest BCUT2D eigenvalue weighted by atomic mass is 10.1. The molecule has 1 fully saturated rings. The summed E-state index contributed by atoms with van der Waals surface area (Å²) < 4.78 is 5.73. The van der Waals surface area contributed by atoms with Crippen molar-refractivity contribution in [3.05, 3.63) is 59.7 Å². The summed E-state index contributed by atoms with van der Waals surface area (Å²) in [5, 5.41) is 6.27. The number of morpholine rings is 1. The molecule has 1 amide bonds. The minimum Gasteiger partial charge on any atom is -0.371 e. The molecule has 1 aliphatic heterocycles. The van der Waals surface area contributed by atoms with Crippen LogP contribution in [0.1, 0.15) is 22.0 Å². The zero-order valence-electron chi connectivity index (χ0n) is 13.0. The van der Waals surface area contributed by atoms with Gasteiger partial charge in [-0.05, 0) is 36.1 Å². The molecule has 2 aromatic rings. The van der Waals surface area contributed by atoms with Crippen molar-refractivity contribution in [1.82, 2.24) is 5.32 Å². The Hall–Kier alpha value is -1.82. The van der Waals surface area contributed by atoms with Crippen LogP contribution in [-0.2, 0) is 4.74 Å². The van der Waals surface area contributed by atoms with Crippen molar-refractivity contribution < 1.29 is 9.53 Å². The molecular formula is C18H20N2O2S. The Bertz CT molecular complexity index is 667. The Balaban J connectivity index is 1.69. The number of hydrogen-bond donors (Lipinski definition) is 2. The summed E-state index contributed by atoms with van der Waals surface area (Å²) in [5.41, 5.74) is 2.61. The maximum atomic E-state index is 12.4. The molecule has 3 rings (SSSR count). The van der Waals surface area contributed by atoms with E-state index in [-0.39, 0.29) is 12.0 Å². The molecule has 0 spiro atoms. The fourth-order valence-electron chi connectivity index (χ4n) is 2.59. The predicted molar refractivity (Wildman–Crippen MR) is 94.2 cm³/mol. The molecule has 1 heterocycles. The number of amides is 1. The van der Waals surface area contributed by atoms with Gasteiger partial charge in [0.1, 0.15) is 0 Å². The van der Waals surface area contributed by atoms with E-state index in [0.29, 0.717) is 5.56 Å². The van der Waals surface area contributed by atoms with Gasteiger partial charge in [-0.1, -0.05) is 24.3 Å². The summed E-state index contributed by atoms with van der Waals surface area (Å²) in [5.74, 6) is -0.0849. The fourth-order valence-corrected chi connectivity index (χ4v) is 3.19. The SMILES string of the molecule is CSc1ccccc1C(=O)Nc1ccc(C2CNCCO2)cc1. The Kier molecular flexibility index (Phi) is 5.33. The number of ether oxygens (including phenoxy) is 1. The van der Waals surface area contributed by atoms with Crippen LogP contribution < -0.4 is 10.6 Å². The summed E-state index contributed by atoms with van der Waals surface area (Å²) in [4.78, 5) is 13.4. The first-order valence-electron chi connectivity index (χ1n) is 7.64. The number of carbonyl (C=O) groups excluding carboxylic acids is 1. The van der Waals surface area contributed by atoms with Crippen LogP contribution in [0.2, 0.25) is 0 Å². The van der Waals surface area contributed by atoms with Crippen LogP contribution in [0.3, 0.4) is 0 Å². The summed E-state index contributed by atoms with van der Waals surface area (Å²) in [6.07, 6.45) is 2.06. The maximum Gasteiger partial charge on any atom is 0.256 e. The lowest BCUT2D eigenvalue weighted by molar-refractivity contribution is 0.0277. The molecule has 2 N–H and O–H groups in total. The van der Waals surface area contributed by atoms with Gasteiger partial charge in [0.05, 0.1) is 18.3 Å². The first kappa shape index (κ1) is 16.1. The van der Waals surface area contributed by atoms with Gasteiger partial charge in [0.2, 0.25) is 0 Å². The summed E-state index contributed by atoms with van der Waals surface area (Å²) in [7, 11) is 0. The van der Waals surface area contributed by atoms with E-state index in [0.717, 1.165) is 35.8 Å². The van der Waals surface area contributed by atoms with E-state index in [2.05, 4.69) is 10.6 Å². The normalized spacial score (nSPS) is 17.7. The van der Waals surface area contributed by atoms with Gasteiger partial charge in [-0.25, -0.2) is 0 Å². The maximum absolute atomic E-state index is 12.4. The van der Waals surface area contributed by atoms with Crippen LogP contribution in [-0.4, -0.2) is 31.9 Å². The molecule has 23 heavy (non-hydrogen) atoms. The second-order valence-corrected chi connectivity index (χ2v) is 6.19. The van der Waals surface area contributed by atoms with Crippen molar-refractivity contribution in [2.24, 2.45) is 0 Å². The molecule has 2 aromatic carbocycles. The number of thioether (sulfide) groups is 1. The van der Waals surface area contributed by atoms with Gasteiger partial charge in [0, 0.05) is 23.7 Å². The number of anilines is 1. The monoisotopic (exact) mass is 328 g/mol. The molecule has 0 bridgehead atoms. The highest BCUT2D eigenvalue weighted by Gasteiger charge is 2.16. The van der Waals surface area contributed by atoms with E-state index in [1.165, 1.54) is 0 Å². The Labute approximate surface area is 140 Å². The number of nitrogens with one attached hydrogen (secondary N) is 2. The molecule has 120 valence electrons. The lowest BCUT2D eigenvalue weighted by Crippen LogP contribution is -2.33. The average molecular weight is 328 g/mol. The molecule has 1 saturated heterocycles. The standard InChI is InChI=1S/C18H20N2O2S/c1-23-17-5-3-2-4-15(17)18(21)20-14-8-6-13(7-9-14)16-12-19-10-11-22-16/h2-9,16,19H,10-12H2,1H3,(H,20,21). The van der Waals surface area contributed by atoms with Gasteiger partial charge in [-0.3, -0.25) is 4.79 Å². The zero-order chi connectivity index (χ0) is 16.1. The highest BCUT2D eigenvalue weighted by atomic mass is 32.2. The quantitative estimate of drug-likeness (QED) is 0.846. The molecular weight excluding hydrogens is 308 g/mol. The van der Waals surface area contributed by atoms with Crippen molar-refractivity contribution in [3.8, 4) is 0 Å². The van der Waals surface area contributed by atoms with Crippen LogP contribution in [0, 0.1) is 0 Å². The second kappa shape index (κ2) is 7.64. The van der Waals surface area contributed by atoms with Crippen molar-refractivity contribution in [1.29, 1.82) is 0 Å². The van der Waals surface area contributed by atoms with Crippen LogP contribution >= 0.6 is 11.8 Å². The van der Waals surface area contributed by atoms with Gasteiger partial charge in [0.15, 0.2) is 0 Å². The van der Waals surface area contributed by atoms with Crippen LogP contribution in [0.4, 0.5) is 5.69 Å². The summed E-state index contributed by atoms with van der Waals surface area (Å²) in [6, 6.07) is 15.5. The number of carbonyl (C=O) groups is 1. The number of hydrogen-bond acceptors (Lipinski definition) is 4. The number of benzene rings is 2. The van der Waals surface area contributed by atoms with Gasteiger partial charge in [-0.15, -0.1) is 11.8 Å². The van der Waals surface area contributed by atoms with Crippen molar-refractivity contribution in [3.63, 3.8) is 0 Å². The molecule has 1 unspecified atom stereocenters. The zero-order valence-corrected chi connectivity index (χ0v) is 13.9. The largest absolute Gasteiger partial charge is 0.371 e. The third kappa shape index (κ3) is 3.93. The van der Waals surface area contributed by atoms with Crippen molar-refractivity contribution in [2.45, 2.75) is 11.0 Å². The summed E-state index contributed by atoms with van der Waals surface area (Å²) >= 11 is 1.57. The molecule has 1 atom stereocenters. The Morgan fingerprint density at radius 3 is 2.70 bits per heavy atom. The lowest BCUT2D eigenvalue weighted by Gasteiger charge is -2.24. The van der Waals surface area contributed by atoms with E-state index in [4.69, 9.17) is 4.74 Å². The molecule has 0 aliphatic carbocycles. The average Bonchev–Trinajstić information content (AvgIpc) is 2.63. The highest BCUT2D eigenvalue weighted by Crippen LogP contribution is 2.23. The van der Waals surface area contributed by atoms with E-state index >= 15 is 0 Å². The molecule has 0 aromatic heterocycles. The molecule has 0 radical (unpaired) electrons. The van der Waals surface area contributed by atoms with Crippen LogP contribution in [0.5, 0.6) is 0 Å².